The molecular formula is C28H30O2. The maximum absolute atomic E-state index is 6.14. The van der Waals surface area contributed by atoms with Gasteiger partial charge >= 0.3 is 0 Å². The maximum Gasteiger partial charge on any atom is 0.130 e. The Bertz CT molecular complexity index is 1090. The SMILES string of the molecule is COc1c2c(c(OC)c3ccccc13)[C@@H]1C[C@H]2[C@@H]2[C@H]1[C@@]1(C)[C@H]3[C@H]([C@@H]4C=C[C@H]3C4)[C@@]21C. The van der Waals surface area contributed by atoms with Crippen molar-refractivity contribution in [2.24, 2.45) is 46.3 Å². The Morgan fingerprint density at radius 2 is 1.17 bits per heavy atom. The quantitative estimate of drug-likeness (QED) is 0.446. The van der Waals surface area contributed by atoms with Crippen LogP contribution in [0.3, 0.4) is 0 Å². The predicted octanol–water partition coefficient (Wildman–Crippen LogP) is 6.15. The second-order valence-electron chi connectivity index (χ2n) is 11.5. The van der Waals surface area contributed by atoms with E-state index in [1.165, 1.54) is 34.7 Å². The van der Waals surface area contributed by atoms with Crippen LogP contribution in [0.15, 0.2) is 36.4 Å². The number of benzene rings is 2. The Kier molecular flexibility index (Phi) is 2.65. The number of hydrogen-bond donors (Lipinski definition) is 0. The smallest absolute Gasteiger partial charge is 0.130 e. The van der Waals surface area contributed by atoms with Crippen LogP contribution in [-0.2, 0) is 0 Å². The highest BCUT2D eigenvalue weighted by Crippen LogP contribution is 2.94. The van der Waals surface area contributed by atoms with Crippen molar-refractivity contribution in [3.8, 4) is 11.5 Å². The average molecular weight is 399 g/mol. The van der Waals surface area contributed by atoms with Gasteiger partial charge in [-0.05, 0) is 71.0 Å². The molecule has 2 aromatic carbocycles. The lowest BCUT2D eigenvalue weighted by Gasteiger charge is -2.83. The highest BCUT2D eigenvalue weighted by atomic mass is 16.5. The summed E-state index contributed by atoms with van der Waals surface area (Å²) >= 11 is 0. The number of rotatable bonds is 2. The van der Waals surface area contributed by atoms with Crippen molar-refractivity contribution in [2.45, 2.75) is 38.5 Å². The van der Waals surface area contributed by atoms with Crippen molar-refractivity contribution < 1.29 is 9.47 Å². The molecule has 0 amide bonds. The third-order valence-electron chi connectivity index (χ3n) is 11.5. The van der Waals surface area contributed by atoms with Crippen molar-refractivity contribution in [3.05, 3.63) is 47.5 Å². The first kappa shape index (κ1) is 16.7. The molecule has 0 aliphatic heterocycles. The zero-order valence-corrected chi connectivity index (χ0v) is 18.3. The molecule has 0 N–H and O–H groups in total. The van der Waals surface area contributed by atoms with E-state index in [-0.39, 0.29) is 0 Å². The molecule has 6 aliphatic carbocycles. The van der Waals surface area contributed by atoms with Crippen LogP contribution in [0.2, 0.25) is 0 Å². The van der Waals surface area contributed by atoms with E-state index in [4.69, 9.17) is 9.47 Å². The Morgan fingerprint density at radius 3 is 1.60 bits per heavy atom. The molecule has 2 nitrogen and oxygen atoms in total. The Morgan fingerprint density at radius 1 is 0.700 bits per heavy atom. The van der Waals surface area contributed by atoms with Gasteiger partial charge in [-0.15, -0.1) is 0 Å². The topological polar surface area (TPSA) is 18.5 Å². The highest BCUT2D eigenvalue weighted by molar-refractivity contribution is 5.97. The molecule has 4 fully saturated rings. The molecule has 2 aromatic rings. The Hall–Kier alpha value is -1.96. The molecule has 30 heavy (non-hydrogen) atoms. The Balaban J connectivity index is 1.38. The largest absolute Gasteiger partial charge is 0.496 e. The Labute approximate surface area is 178 Å². The first-order valence-electron chi connectivity index (χ1n) is 11.9. The molecule has 10 atom stereocenters. The normalized spacial score (nSPS) is 49.9. The van der Waals surface area contributed by atoms with Gasteiger partial charge in [-0.2, -0.15) is 0 Å². The molecule has 4 bridgehead atoms. The van der Waals surface area contributed by atoms with E-state index >= 15 is 0 Å². The average Bonchev–Trinajstić information content (AvgIpc) is 3.54. The van der Waals surface area contributed by atoms with Crippen LogP contribution >= 0.6 is 0 Å². The lowest BCUT2D eigenvalue weighted by molar-refractivity contribution is -0.353. The molecule has 8 rings (SSSR count). The lowest BCUT2D eigenvalue weighted by atomic mass is 9.20. The fourth-order valence-electron chi connectivity index (χ4n) is 11.0. The van der Waals surface area contributed by atoms with Crippen molar-refractivity contribution in [3.63, 3.8) is 0 Å². The van der Waals surface area contributed by atoms with E-state index in [9.17, 15) is 0 Å². The van der Waals surface area contributed by atoms with Gasteiger partial charge in [0.05, 0.1) is 14.2 Å². The van der Waals surface area contributed by atoms with Crippen molar-refractivity contribution in [1.29, 1.82) is 0 Å². The number of fused-ring (bicyclic) bond motifs is 19. The molecule has 0 heterocycles. The minimum absolute atomic E-state index is 0.507. The van der Waals surface area contributed by atoms with Gasteiger partial charge in [0.25, 0.3) is 0 Å². The molecule has 0 saturated heterocycles. The minimum Gasteiger partial charge on any atom is -0.496 e. The molecule has 2 heteroatoms. The van der Waals surface area contributed by atoms with E-state index in [1.54, 1.807) is 0 Å². The zero-order valence-electron chi connectivity index (χ0n) is 18.3. The van der Waals surface area contributed by atoms with Gasteiger partial charge in [-0.3, -0.25) is 0 Å². The van der Waals surface area contributed by atoms with Gasteiger partial charge in [0.1, 0.15) is 11.5 Å². The fraction of sp³-hybridized carbons (Fsp3) is 0.571. The van der Waals surface area contributed by atoms with Crippen LogP contribution in [0, 0.1) is 46.3 Å². The standard InChI is InChI=1S/C28H30O2/c1-27-21-13-9-10-14(11-13)22(21)28(27,2)24-18-12-17(23(24)27)19-20(18)26(30-4)16-8-6-5-7-15(16)25(19)29-3/h5-10,13-14,17-18,21-24H,11-12H2,1-4H3/t13-,14+,17-,18+,21+,22-,23-,24+,27+,28-. The minimum atomic E-state index is 0.507. The van der Waals surface area contributed by atoms with Gasteiger partial charge in [0.2, 0.25) is 0 Å². The summed E-state index contributed by atoms with van der Waals surface area (Å²) in [5.74, 6) is 8.77. The van der Waals surface area contributed by atoms with Gasteiger partial charge < -0.3 is 9.47 Å². The summed E-state index contributed by atoms with van der Waals surface area (Å²) in [5, 5.41) is 2.45. The first-order valence-corrected chi connectivity index (χ1v) is 11.9. The predicted molar refractivity (Wildman–Crippen MR) is 118 cm³/mol. The highest BCUT2D eigenvalue weighted by Gasteiger charge is 2.88. The molecular weight excluding hydrogens is 368 g/mol. The van der Waals surface area contributed by atoms with Gasteiger partial charge in [0, 0.05) is 21.9 Å². The third kappa shape index (κ3) is 1.32. The van der Waals surface area contributed by atoms with Crippen LogP contribution < -0.4 is 9.47 Å². The van der Waals surface area contributed by atoms with Crippen molar-refractivity contribution >= 4 is 10.8 Å². The lowest BCUT2D eigenvalue weighted by Crippen LogP contribution is -2.79. The first-order chi connectivity index (χ1) is 14.6. The van der Waals surface area contributed by atoms with Crippen molar-refractivity contribution in [2.75, 3.05) is 14.2 Å². The van der Waals surface area contributed by atoms with Gasteiger partial charge in [-0.1, -0.05) is 50.3 Å². The van der Waals surface area contributed by atoms with Gasteiger partial charge in [0.15, 0.2) is 0 Å². The van der Waals surface area contributed by atoms with Crippen LogP contribution in [0.5, 0.6) is 11.5 Å². The van der Waals surface area contributed by atoms with E-state index in [0.29, 0.717) is 22.7 Å². The molecule has 0 radical (unpaired) electrons. The summed E-state index contributed by atoms with van der Waals surface area (Å²) in [6.07, 6.45) is 7.88. The fourth-order valence-corrected chi connectivity index (χ4v) is 11.0. The number of hydrogen-bond acceptors (Lipinski definition) is 2. The summed E-state index contributed by atoms with van der Waals surface area (Å²) in [5.41, 5.74) is 4.02. The van der Waals surface area contributed by atoms with Crippen LogP contribution in [0.1, 0.15) is 49.7 Å². The summed E-state index contributed by atoms with van der Waals surface area (Å²) in [7, 11) is 3.73. The van der Waals surface area contributed by atoms with E-state index < -0.39 is 0 Å². The van der Waals surface area contributed by atoms with E-state index in [2.05, 4.69) is 50.3 Å². The zero-order chi connectivity index (χ0) is 20.2. The summed E-state index contributed by atoms with van der Waals surface area (Å²) in [6.45, 7) is 5.35. The molecule has 6 aliphatic rings. The summed E-state index contributed by atoms with van der Waals surface area (Å²) < 4.78 is 12.3. The van der Waals surface area contributed by atoms with Crippen LogP contribution in [0.4, 0.5) is 0 Å². The molecule has 0 aromatic heterocycles. The molecule has 0 unspecified atom stereocenters. The van der Waals surface area contributed by atoms with Crippen molar-refractivity contribution in [1.82, 2.24) is 0 Å². The van der Waals surface area contributed by atoms with E-state index in [0.717, 1.165) is 47.0 Å². The van der Waals surface area contributed by atoms with Crippen LogP contribution in [0.25, 0.3) is 10.8 Å². The number of ether oxygens (including phenoxy) is 2. The van der Waals surface area contributed by atoms with Crippen LogP contribution in [-0.4, -0.2) is 14.2 Å². The maximum atomic E-state index is 6.14. The number of methoxy groups -OCH3 is 2. The number of allylic oxidation sites excluding steroid dienone is 2. The second kappa shape index (κ2) is 4.76. The van der Waals surface area contributed by atoms with E-state index in [1.807, 2.05) is 14.2 Å². The van der Waals surface area contributed by atoms with Gasteiger partial charge in [-0.25, -0.2) is 0 Å². The monoisotopic (exact) mass is 398 g/mol. The molecule has 0 spiro atoms. The summed E-state index contributed by atoms with van der Waals surface area (Å²) in [6, 6.07) is 8.69. The summed E-state index contributed by atoms with van der Waals surface area (Å²) in [4.78, 5) is 0. The third-order valence-corrected chi connectivity index (χ3v) is 11.5. The second-order valence-corrected chi connectivity index (χ2v) is 11.5. The molecule has 4 saturated carbocycles. The molecule has 154 valence electrons.